The highest BCUT2D eigenvalue weighted by atomic mass is 16.3. The van der Waals surface area contributed by atoms with Crippen LogP contribution < -0.4 is 22.1 Å². The maximum Gasteiger partial charge on any atom is 0.242 e. The Hall–Kier alpha value is -3.69. The van der Waals surface area contributed by atoms with Gasteiger partial charge in [-0.3, -0.25) is 9.59 Å². The summed E-state index contributed by atoms with van der Waals surface area (Å²) < 4.78 is 0. The van der Waals surface area contributed by atoms with Gasteiger partial charge in [-0.15, -0.1) is 0 Å². The maximum atomic E-state index is 13.0. The van der Waals surface area contributed by atoms with Gasteiger partial charge in [0.1, 0.15) is 11.8 Å². The van der Waals surface area contributed by atoms with Gasteiger partial charge in [-0.25, -0.2) is 4.98 Å². The van der Waals surface area contributed by atoms with E-state index in [9.17, 15) is 14.7 Å². The monoisotopic (exact) mass is 492 g/mol. The number of rotatable bonds is 14. The molecule has 3 rings (SSSR count). The molecule has 2 atom stereocenters. The van der Waals surface area contributed by atoms with Crippen LogP contribution in [0.2, 0.25) is 0 Å². The fraction of sp³-hybridized carbons (Fsp3) is 0.370. The van der Waals surface area contributed by atoms with Gasteiger partial charge in [0.25, 0.3) is 0 Å². The molecule has 0 bridgehead atoms. The van der Waals surface area contributed by atoms with Gasteiger partial charge < -0.3 is 32.2 Å². The van der Waals surface area contributed by atoms with E-state index in [1.807, 2.05) is 0 Å². The predicted molar refractivity (Wildman–Crippen MR) is 139 cm³/mol. The molecule has 2 aromatic carbocycles. The third-order valence-corrected chi connectivity index (χ3v) is 6.00. The number of hydrogen-bond donors (Lipinski definition) is 6. The molecule has 8 N–H and O–H groups in total. The predicted octanol–water partition coefficient (Wildman–Crippen LogP) is 1.35. The molecule has 2 amide bonds. The van der Waals surface area contributed by atoms with Crippen LogP contribution in [0.15, 0.2) is 61.1 Å². The van der Waals surface area contributed by atoms with Crippen molar-refractivity contribution in [2.24, 2.45) is 11.5 Å². The Kier molecular flexibility index (Phi) is 10.5. The summed E-state index contributed by atoms with van der Waals surface area (Å²) in [5.74, 6) is -0.562. The molecule has 0 aliphatic carbocycles. The van der Waals surface area contributed by atoms with Gasteiger partial charge in [-0.05, 0) is 67.5 Å². The number of aromatic hydroxyl groups is 1. The van der Waals surface area contributed by atoms with E-state index in [1.54, 1.807) is 30.5 Å². The number of carbonyl (C=O) groups excluding carboxylic acids is 2. The van der Waals surface area contributed by atoms with E-state index >= 15 is 0 Å². The van der Waals surface area contributed by atoms with Crippen molar-refractivity contribution in [3.63, 3.8) is 0 Å². The number of carbonyl (C=O) groups is 2. The van der Waals surface area contributed by atoms with Crippen molar-refractivity contribution in [2.75, 3.05) is 13.1 Å². The minimum atomic E-state index is -0.838. The molecule has 1 aromatic heterocycles. The lowest BCUT2D eigenvalue weighted by Gasteiger charge is -2.20. The normalized spacial score (nSPS) is 12.6. The number of phenolic OH excluding ortho intramolecular Hbond substituents is 1. The second-order valence-electron chi connectivity index (χ2n) is 8.92. The van der Waals surface area contributed by atoms with Crippen molar-refractivity contribution in [3.05, 3.63) is 83.4 Å². The van der Waals surface area contributed by atoms with Crippen molar-refractivity contribution in [3.8, 4) is 5.75 Å². The lowest BCUT2D eigenvalue weighted by atomic mass is 10.0. The number of imidazole rings is 1. The Morgan fingerprint density at radius 3 is 2.22 bits per heavy atom. The van der Waals surface area contributed by atoms with Crippen LogP contribution in [0.3, 0.4) is 0 Å². The summed E-state index contributed by atoms with van der Waals surface area (Å²) in [5.41, 5.74) is 15.6. The minimum Gasteiger partial charge on any atom is -0.508 e. The molecule has 0 aliphatic rings. The van der Waals surface area contributed by atoms with Crippen LogP contribution in [0.25, 0.3) is 0 Å². The fourth-order valence-electron chi connectivity index (χ4n) is 3.88. The van der Waals surface area contributed by atoms with E-state index in [1.165, 1.54) is 11.9 Å². The minimum absolute atomic E-state index is 0.145. The summed E-state index contributed by atoms with van der Waals surface area (Å²) in [5, 5.41) is 15.1. The molecule has 0 unspecified atom stereocenters. The Morgan fingerprint density at radius 1 is 0.917 bits per heavy atom. The number of nitrogens with zero attached hydrogens (tertiary/aromatic N) is 1. The first kappa shape index (κ1) is 26.9. The topological polar surface area (TPSA) is 159 Å². The molecule has 0 saturated carbocycles. The Morgan fingerprint density at radius 2 is 1.58 bits per heavy atom. The van der Waals surface area contributed by atoms with Gasteiger partial charge in [-0.1, -0.05) is 36.4 Å². The van der Waals surface area contributed by atoms with Crippen molar-refractivity contribution in [2.45, 2.75) is 50.6 Å². The molecule has 0 fully saturated rings. The molecule has 0 saturated heterocycles. The van der Waals surface area contributed by atoms with Crippen molar-refractivity contribution < 1.29 is 14.7 Å². The summed E-state index contributed by atoms with van der Waals surface area (Å²) in [6, 6.07) is 13.3. The largest absolute Gasteiger partial charge is 0.508 e. The number of aryl methyl sites for hydroxylation is 1. The summed E-state index contributed by atoms with van der Waals surface area (Å²) in [6.45, 7) is 1.16. The van der Waals surface area contributed by atoms with Crippen LogP contribution in [0.4, 0.5) is 0 Å². The number of phenols is 1. The van der Waals surface area contributed by atoms with E-state index in [0.29, 0.717) is 19.5 Å². The molecular weight excluding hydrogens is 456 g/mol. The molecule has 0 radical (unpaired) electrons. The second kappa shape index (κ2) is 14.0. The molecule has 0 spiro atoms. The van der Waals surface area contributed by atoms with Crippen LogP contribution in [-0.2, 0) is 35.3 Å². The zero-order chi connectivity index (χ0) is 25.8. The molecule has 9 nitrogen and oxygen atoms in total. The Labute approximate surface area is 211 Å². The lowest BCUT2D eigenvalue weighted by molar-refractivity contribution is -0.129. The number of unbranched alkanes of at least 4 members (excludes halogenated alkanes) is 1. The summed E-state index contributed by atoms with van der Waals surface area (Å²) >= 11 is 0. The summed E-state index contributed by atoms with van der Waals surface area (Å²) in [4.78, 5) is 32.7. The SMILES string of the molecule is NCCCCc1ccc(CCNC(=O)[C@H](Cc2cnc[nH]2)NC(=O)[C@@H](N)Cc2ccc(O)cc2)cc1. The summed E-state index contributed by atoms with van der Waals surface area (Å²) in [6.07, 6.45) is 7.49. The third kappa shape index (κ3) is 8.83. The average Bonchev–Trinajstić information content (AvgIpc) is 3.39. The van der Waals surface area contributed by atoms with Gasteiger partial charge in [0, 0.05) is 24.9 Å². The summed E-state index contributed by atoms with van der Waals surface area (Å²) in [7, 11) is 0. The second-order valence-corrected chi connectivity index (χ2v) is 8.92. The van der Waals surface area contributed by atoms with Crippen molar-refractivity contribution in [1.82, 2.24) is 20.6 Å². The molecule has 3 aromatic rings. The number of nitrogens with one attached hydrogen (secondary N) is 3. The number of amides is 2. The molecule has 1 heterocycles. The molecular formula is C27H36N6O3. The van der Waals surface area contributed by atoms with E-state index in [0.717, 1.165) is 36.1 Å². The number of benzene rings is 2. The average molecular weight is 493 g/mol. The standard InChI is InChI=1S/C27H36N6O3/c28-13-2-1-3-19-4-6-20(7-5-19)12-14-31-27(36)25(16-22-17-30-18-32-22)33-26(35)24(29)15-21-8-10-23(34)11-9-21/h4-11,17-18,24-25,34H,1-3,12-16,28-29H2,(H,30,32)(H,31,36)(H,33,35)/t24-,25-/m0/s1. The number of nitrogens with two attached hydrogens (primary N) is 2. The smallest absolute Gasteiger partial charge is 0.242 e. The quantitative estimate of drug-likeness (QED) is 0.186. The first-order valence-electron chi connectivity index (χ1n) is 12.3. The number of aromatic amines is 1. The zero-order valence-corrected chi connectivity index (χ0v) is 20.5. The van der Waals surface area contributed by atoms with E-state index in [-0.39, 0.29) is 24.5 Å². The lowest BCUT2D eigenvalue weighted by Crippen LogP contribution is -2.53. The molecule has 9 heteroatoms. The van der Waals surface area contributed by atoms with Gasteiger partial charge in [0.15, 0.2) is 0 Å². The fourth-order valence-corrected chi connectivity index (χ4v) is 3.88. The number of H-pyrrole nitrogens is 1. The number of hydrogen-bond acceptors (Lipinski definition) is 6. The first-order chi connectivity index (χ1) is 17.4. The van der Waals surface area contributed by atoms with Crippen LogP contribution in [0, 0.1) is 0 Å². The van der Waals surface area contributed by atoms with E-state index in [4.69, 9.17) is 11.5 Å². The highest BCUT2D eigenvalue weighted by Crippen LogP contribution is 2.11. The van der Waals surface area contributed by atoms with Gasteiger partial charge >= 0.3 is 0 Å². The molecule has 192 valence electrons. The van der Waals surface area contributed by atoms with Gasteiger partial charge in [-0.2, -0.15) is 0 Å². The van der Waals surface area contributed by atoms with Crippen LogP contribution in [-0.4, -0.2) is 52.1 Å². The molecule has 0 aliphatic heterocycles. The van der Waals surface area contributed by atoms with E-state index < -0.39 is 18.0 Å². The zero-order valence-electron chi connectivity index (χ0n) is 20.5. The maximum absolute atomic E-state index is 13.0. The Balaban J connectivity index is 1.53. The van der Waals surface area contributed by atoms with Crippen LogP contribution in [0.1, 0.15) is 35.2 Å². The van der Waals surface area contributed by atoms with Gasteiger partial charge in [0.05, 0.1) is 12.4 Å². The third-order valence-electron chi connectivity index (χ3n) is 6.00. The van der Waals surface area contributed by atoms with Gasteiger partial charge in [0.2, 0.25) is 11.8 Å². The van der Waals surface area contributed by atoms with Crippen LogP contribution >= 0.6 is 0 Å². The first-order valence-corrected chi connectivity index (χ1v) is 12.3. The highest BCUT2D eigenvalue weighted by molar-refractivity contribution is 5.90. The number of aromatic nitrogens is 2. The van der Waals surface area contributed by atoms with Crippen LogP contribution in [0.5, 0.6) is 5.75 Å². The van der Waals surface area contributed by atoms with Crippen molar-refractivity contribution in [1.29, 1.82) is 0 Å². The van der Waals surface area contributed by atoms with Crippen molar-refractivity contribution >= 4 is 11.8 Å². The van der Waals surface area contributed by atoms with E-state index in [2.05, 4.69) is 44.9 Å². The molecule has 36 heavy (non-hydrogen) atoms. The highest BCUT2D eigenvalue weighted by Gasteiger charge is 2.24. The Bertz CT molecular complexity index is 1070.